The second-order valence-electron chi connectivity index (χ2n) is 13.2. The maximum Gasteiger partial charge on any atom is 0.316 e. The first-order valence-corrected chi connectivity index (χ1v) is 15.9. The SMILES string of the molecule is CC1CCC2(/C=C/c3ccc4ccc(nc4c3)C(C)NC(=O)C3CCCN(N3)C(=O)C(C)NC(=O)C(C(C)C)OC2=O)CC1. The van der Waals surface area contributed by atoms with Gasteiger partial charge in [-0.05, 0) is 81.9 Å². The molecule has 2 fully saturated rings. The number of nitrogens with zero attached hydrogens (tertiary/aromatic N) is 2. The summed E-state index contributed by atoms with van der Waals surface area (Å²) in [6.07, 6.45) is 7.02. The second-order valence-corrected chi connectivity index (χ2v) is 13.2. The molecule has 3 amide bonds. The second kappa shape index (κ2) is 13.1. The minimum absolute atomic E-state index is 0.227. The van der Waals surface area contributed by atoms with E-state index in [1.165, 1.54) is 5.01 Å². The number of hydrogen-bond donors (Lipinski definition) is 3. The number of benzene rings is 1. The van der Waals surface area contributed by atoms with Crippen LogP contribution in [0.4, 0.5) is 0 Å². The summed E-state index contributed by atoms with van der Waals surface area (Å²) in [5, 5.41) is 8.18. The van der Waals surface area contributed by atoms with E-state index in [0.29, 0.717) is 38.1 Å². The van der Waals surface area contributed by atoms with Crippen molar-refractivity contribution in [3.05, 3.63) is 47.7 Å². The molecule has 1 saturated carbocycles. The highest BCUT2D eigenvalue weighted by molar-refractivity contribution is 5.92. The molecule has 1 aromatic heterocycles. The van der Waals surface area contributed by atoms with Gasteiger partial charge < -0.3 is 15.4 Å². The Morgan fingerprint density at radius 3 is 2.36 bits per heavy atom. The average molecular weight is 604 g/mol. The van der Waals surface area contributed by atoms with Crippen LogP contribution < -0.4 is 16.1 Å². The van der Waals surface area contributed by atoms with E-state index in [4.69, 9.17) is 9.72 Å². The number of hydrazine groups is 1. The third kappa shape index (κ3) is 6.80. The van der Waals surface area contributed by atoms with Gasteiger partial charge in [0.2, 0.25) is 5.91 Å². The monoisotopic (exact) mass is 603 g/mol. The fourth-order valence-electron chi connectivity index (χ4n) is 6.30. The van der Waals surface area contributed by atoms with Crippen LogP contribution in [0.3, 0.4) is 0 Å². The molecular formula is C34H45N5O5. The molecule has 2 aromatic rings. The lowest BCUT2D eigenvalue weighted by atomic mass is 9.70. The Kier molecular flexibility index (Phi) is 9.39. The van der Waals surface area contributed by atoms with E-state index in [1.54, 1.807) is 6.92 Å². The molecule has 236 valence electrons. The van der Waals surface area contributed by atoms with Gasteiger partial charge in [-0.15, -0.1) is 0 Å². The van der Waals surface area contributed by atoms with Crippen molar-refractivity contribution in [1.82, 2.24) is 26.1 Å². The first-order chi connectivity index (χ1) is 21.0. The van der Waals surface area contributed by atoms with Crippen LogP contribution >= 0.6 is 0 Å². The zero-order valence-electron chi connectivity index (χ0n) is 26.4. The molecule has 1 saturated heterocycles. The number of pyridine rings is 1. The van der Waals surface area contributed by atoms with E-state index in [0.717, 1.165) is 35.0 Å². The predicted octanol–water partition coefficient (Wildman–Crippen LogP) is 4.20. The van der Waals surface area contributed by atoms with Gasteiger partial charge in [-0.3, -0.25) is 29.2 Å². The molecule has 10 heteroatoms. The van der Waals surface area contributed by atoms with Crippen molar-refractivity contribution in [3.63, 3.8) is 0 Å². The zero-order chi connectivity index (χ0) is 31.6. The summed E-state index contributed by atoms with van der Waals surface area (Å²) < 4.78 is 6.01. The average Bonchev–Trinajstić information content (AvgIpc) is 3.01. The lowest BCUT2D eigenvalue weighted by Gasteiger charge is -2.37. The Balaban J connectivity index is 1.53. The van der Waals surface area contributed by atoms with Crippen molar-refractivity contribution in [2.75, 3.05) is 6.54 Å². The van der Waals surface area contributed by atoms with Gasteiger partial charge in [0.15, 0.2) is 6.10 Å². The van der Waals surface area contributed by atoms with Crippen LogP contribution in [0.5, 0.6) is 0 Å². The molecule has 5 bridgehead atoms. The summed E-state index contributed by atoms with van der Waals surface area (Å²) >= 11 is 0. The Morgan fingerprint density at radius 1 is 0.932 bits per heavy atom. The summed E-state index contributed by atoms with van der Waals surface area (Å²) in [4.78, 5) is 58.9. The Bertz CT molecular complexity index is 1450. The number of aromatic nitrogens is 1. The quantitative estimate of drug-likeness (QED) is 0.417. The smallest absolute Gasteiger partial charge is 0.316 e. The van der Waals surface area contributed by atoms with Gasteiger partial charge in [0, 0.05) is 11.9 Å². The van der Waals surface area contributed by atoms with Crippen molar-refractivity contribution in [1.29, 1.82) is 0 Å². The van der Waals surface area contributed by atoms with Crippen molar-refractivity contribution in [2.45, 2.75) is 97.4 Å². The highest BCUT2D eigenvalue weighted by Crippen LogP contribution is 2.42. The third-order valence-electron chi connectivity index (χ3n) is 9.30. The normalized spacial score (nSPS) is 31.5. The highest BCUT2D eigenvalue weighted by atomic mass is 16.5. The molecule has 3 aliphatic rings. The molecule has 0 radical (unpaired) electrons. The van der Waals surface area contributed by atoms with Crippen LogP contribution in [0.25, 0.3) is 17.0 Å². The molecule has 5 rings (SSSR count). The van der Waals surface area contributed by atoms with Gasteiger partial charge in [-0.1, -0.05) is 51.1 Å². The molecule has 3 N–H and O–H groups in total. The lowest BCUT2D eigenvalue weighted by Crippen LogP contribution is -2.61. The van der Waals surface area contributed by atoms with Crippen LogP contribution in [0.1, 0.15) is 90.4 Å². The van der Waals surface area contributed by atoms with Gasteiger partial charge >= 0.3 is 5.97 Å². The summed E-state index contributed by atoms with van der Waals surface area (Å²) in [6, 6.07) is 8.01. The number of esters is 1. The van der Waals surface area contributed by atoms with Crippen molar-refractivity contribution in [2.24, 2.45) is 17.3 Å². The Labute approximate surface area is 259 Å². The molecule has 2 aliphatic heterocycles. The molecule has 1 aromatic carbocycles. The van der Waals surface area contributed by atoms with Crippen molar-refractivity contribution < 1.29 is 23.9 Å². The van der Waals surface area contributed by atoms with Crippen molar-refractivity contribution in [3.8, 4) is 0 Å². The summed E-state index contributed by atoms with van der Waals surface area (Å²) in [7, 11) is 0. The molecular weight excluding hydrogens is 558 g/mol. The molecule has 1 spiro atoms. The number of amides is 3. The fraction of sp³-hybridized carbons (Fsp3) is 0.559. The van der Waals surface area contributed by atoms with Crippen LogP contribution in [-0.2, 0) is 23.9 Å². The Morgan fingerprint density at radius 2 is 1.64 bits per heavy atom. The number of carbonyl (C=O) groups is 4. The van der Waals surface area contributed by atoms with Gasteiger partial charge in [0.1, 0.15) is 12.1 Å². The van der Waals surface area contributed by atoms with Crippen LogP contribution in [-0.4, -0.2) is 58.4 Å². The van der Waals surface area contributed by atoms with E-state index in [-0.39, 0.29) is 23.8 Å². The number of ether oxygens (including phenoxy) is 1. The number of nitrogens with one attached hydrogen (secondary N) is 3. The minimum atomic E-state index is -1.06. The largest absolute Gasteiger partial charge is 0.451 e. The standard InChI is InChI=1S/C34H45N5O5/c1-20(2)29-31(41)36-23(5)32(42)39-18-6-7-27(38-39)30(40)35-22(4)26-11-10-25-9-8-24(19-28(25)37-26)14-17-34(33(43)44-29)15-12-21(3)13-16-34/h8-11,14,17,19-23,27,29,38H,6-7,12-13,15-16,18H2,1-5H3,(H,35,40)(H,36,41)/b17-14+. The van der Waals surface area contributed by atoms with Crippen LogP contribution in [0.2, 0.25) is 0 Å². The van der Waals surface area contributed by atoms with E-state index < -0.39 is 35.5 Å². The van der Waals surface area contributed by atoms with E-state index in [9.17, 15) is 19.2 Å². The Hall–Kier alpha value is -3.79. The molecule has 4 unspecified atom stereocenters. The summed E-state index contributed by atoms with van der Waals surface area (Å²) in [5.74, 6) is -1.34. The van der Waals surface area contributed by atoms with E-state index in [2.05, 4.69) is 23.0 Å². The summed E-state index contributed by atoms with van der Waals surface area (Å²) in [5.41, 5.74) is 4.58. The predicted molar refractivity (Wildman–Crippen MR) is 168 cm³/mol. The van der Waals surface area contributed by atoms with E-state index in [1.807, 2.05) is 63.3 Å². The number of hydrogen-bond acceptors (Lipinski definition) is 7. The van der Waals surface area contributed by atoms with Gasteiger partial charge in [-0.2, -0.15) is 0 Å². The lowest BCUT2D eigenvalue weighted by molar-refractivity contribution is -0.168. The first-order valence-electron chi connectivity index (χ1n) is 15.9. The zero-order valence-corrected chi connectivity index (χ0v) is 26.4. The highest BCUT2D eigenvalue weighted by Gasteiger charge is 2.43. The maximum atomic E-state index is 14.0. The number of fused-ring (bicyclic) bond motifs is 4. The van der Waals surface area contributed by atoms with Gasteiger partial charge in [-0.25, -0.2) is 5.43 Å². The maximum absolute atomic E-state index is 14.0. The first kappa shape index (κ1) is 31.6. The number of carbonyl (C=O) groups excluding carboxylic acids is 4. The van der Waals surface area contributed by atoms with Crippen molar-refractivity contribution >= 4 is 40.7 Å². The number of cyclic esters (lactones) is 1. The minimum Gasteiger partial charge on any atom is -0.451 e. The number of rotatable bonds is 1. The van der Waals surface area contributed by atoms with Gasteiger partial charge in [0.25, 0.3) is 11.8 Å². The molecule has 44 heavy (non-hydrogen) atoms. The topological polar surface area (TPSA) is 130 Å². The van der Waals surface area contributed by atoms with Gasteiger partial charge in [0.05, 0.1) is 22.7 Å². The van der Waals surface area contributed by atoms with Crippen LogP contribution in [0, 0.1) is 17.3 Å². The van der Waals surface area contributed by atoms with Crippen LogP contribution in [0.15, 0.2) is 36.4 Å². The summed E-state index contributed by atoms with van der Waals surface area (Å²) in [6.45, 7) is 9.73. The fourth-order valence-corrected chi connectivity index (χ4v) is 6.30. The molecule has 1 aliphatic carbocycles. The third-order valence-corrected chi connectivity index (χ3v) is 9.30. The molecule has 3 heterocycles. The molecule has 4 atom stereocenters. The molecule has 10 nitrogen and oxygen atoms in total. The van der Waals surface area contributed by atoms with E-state index >= 15 is 0 Å².